The van der Waals surface area contributed by atoms with E-state index in [1.165, 1.54) is 0 Å². The second-order valence-corrected chi connectivity index (χ2v) is 7.24. The van der Waals surface area contributed by atoms with E-state index in [0.717, 1.165) is 16.9 Å². The first-order chi connectivity index (χ1) is 11.9. The van der Waals surface area contributed by atoms with Crippen LogP contribution in [0.4, 0.5) is 0 Å². The molecule has 0 aliphatic rings. The van der Waals surface area contributed by atoms with Gasteiger partial charge < -0.3 is 24.4 Å². The summed E-state index contributed by atoms with van der Waals surface area (Å²) < 4.78 is 22.2. The molecule has 25 heavy (non-hydrogen) atoms. The Morgan fingerprint density at radius 1 is 1.00 bits per heavy atom. The van der Waals surface area contributed by atoms with Gasteiger partial charge in [0, 0.05) is 6.42 Å². The van der Waals surface area contributed by atoms with Gasteiger partial charge in [0.05, 0.1) is 19.4 Å². The van der Waals surface area contributed by atoms with E-state index in [0.29, 0.717) is 24.3 Å². The lowest BCUT2D eigenvalue weighted by atomic mass is 10.0. The summed E-state index contributed by atoms with van der Waals surface area (Å²) in [7, 11) is -4.14. The summed E-state index contributed by atoms with van der Waals surface area (Å²) in [4.78, 5) is 18.4. The predicted molar refractivity (Wildman–Crippen MR) is 95.2 cm³/mol. The van der Waals surface area contributed by atoms with Crippen molar-refractivity contribution in [2.45, 2.75) is 19.5 Å². The molecule has 7 heteroatoms. The Morgan fingerprint density at radius 2 is 1.68 bits per heavy atom. The molecule has 0 unspecified atom stereocenters. The van der Waals surface area contributed by atoms with Gasteiger partial charge in [-0.1, -0.05) is 24.3 Å². The quantitative estimate of drug-likeness (QED) is 0.591. The summed E-state index contributed by atoms with van der Waals surface area (Å²) in [6.07, 6.45) is 0.228. The van der Waals surface area contributed by atoms with Crippen molar-refractivity contribution >= 4 is 7.60 Å². The van der Waals surface area contributed by atoms with Crippen molar-refractivity contribution in [3.63, 3.8) is 0 Å². The average Bonchev–Trinajstić information content (AvgIpc) is 2.55. The predicted octanol–water partition coefficient (Wildman–Crippen LogP) is 2.72. The Kier molecular flexibility index (Phi) is 7.02. The number of ether oxygens (including phenoxy) is 2. The molecule has 0 bridgehead atoms. The average molecular weight is 366 g/mol. The van der Waals surface area contributed by atoms with Crippen LogP contribution in [0.5, 0.6) is 11.5 Å². The molecule has 0 aliphatic carbocycles. The van der Waals surface area contributed by atoms with E-state index in [2.05, 4.69) is 0 Å². The molecule has 3 N–H and O–H groups in total. The van der Waals surface area contributed by atoms with Crippen LogP contribution in [0.3, 0.4) is 0 Å². The molecule has 2 rings (SSSR count). The van der Waals surface area contributed by atoms with Gasteiger partial charge in [-0.2, -0.15) is 0 Å². The Balaban J connectivity index is 2.24. The van der Waals surface area contributed by atoms with Crippen LogP contribution in [0.2, 0.25) is 0 Å². The topological polar surface area (TPSA) is 96.2 Å². The Hall–Kier alpha value is -1.85. The molecule has 2 aromatic rings. The van der Waals surface area contributed by atoms with Crippen LogP contribution in [-0.4, -0.2) is 34.7 Å². The fourth-order valence-electron chi connectivity index (χ4n) is 2.49. The zero-order valence-electron chi connectivity index (χ0n) is 14.1. The molecule has 0 radical (unpaired) electrons. The van der Waals surface area contributed by atoms with Gasteiger partial charge in [0.15, 0.2) is 0 Å². The van der Waals surface area contributed by atoms with Gasteiger partial charge in [0.1, 0.15) is 18.1 Å². The highest BCUT2D eigenvalue weighted by molar-refractivity contribution is 7.50. The van der Waals surface area contributed by atoms with Crippen molar-refractivity contribution < 1.29 is 28.9 Å². The molecule has 6 nitrogen and oxygen atoms in total. The third-order valence-electron chi connectivity index (χ3n) is 3.49. The van der Waals surface area contributed by atoms with Gasteiger partial charge in [0.2, 0.25) is 0 Å². The maximum Gasteiger partial charge on any atom is 0.329 e. The first kappa shape index (κ1) is 19.5. The lowest BCUT2D eigenvalue weighted by Gasteiger charge is -2.14. The molecule has 0 saturated carbocycles. The highest BCUT2D eigenvalue weighted by atomic mass is 31.2. The monoisotopic (exact) mass is 366 g/mol. The van der Waals surface area contributed by atoms with Gasteiger partial charge in [-0.25, -0.2) is 0 Å². The van der Waals surface area contributed by atoms with Crippen molar-refractivity contribution in [2.75, 3.05) is 19.8 Å². The second kappa shape index (κ2) is 9.02. The van der Waals surface area contributed by atoms with E-state index in [-0.39, 0.29) is 19.4 Å². The van der Waals surface area contributed by atoms with Crippen LogP contribution in [-0.2, 0) is 17.1 Å². The normalized spacial score (nSPS) is 11.4. The van der Waals surface area contributed by atoms with E-state index in [1.807, 2.05) is 31.2 Å². The molecule has 0 heterocycles. The molecule has 0 aromatic heterocycles. The lowest BCUT2D eigenvalue weighted by Crippen LogP contribution is -2.05. The summed E-state index contributed by atoms with van der Waals surface area (Å²) in [5.74, 6) is 1.38. The maximum absolute atomic E-state index is 11.2. The van der Waals surface area contributed by atoms with Crippen LogP contribution in [0.15, 0.2) is 42.5 Å². The fourth-order valence-corrected chi connectivity index (χ4v) is 3.17. The van der Waals surface area contributed by atoms with E-state index < -0.39 is 7.60 Å². The summed E-state index contributed by atoms with van der Waals surface area (Å²) >= 11 is 0. The summed E-state index contributed by atoms with van der Waals surface area (Å²) in [6, 6.07) is 12.7. The summed E-state index contributed by atoms with van der Waals surface area (Å²) in [5.41, 5.74) is 2.37. The number of aliphatic hydroxyl groups excluding tert-OH is 1. The highest BCUT2D eigenvalue weighted by Gasteiger charge is 2.16. The molecule has 0 fully saturated rings. The second-order valence-electron chi connectivity index (χ2n) is 5.59. The lowest BCUT2D eigenvalue weighted by molar-refractivity contribution is 0.200. The smallest absolute Gasteiger partial charge is 0.329 e. The SMILES string of the molecule is CCOc1ccc(Cc2cc(CP(=O)(O)O)ccc2OCCO)cc1. The molecule has 0 atom stereocenters. The van der Waals surface area contributed by atoms with Gasteiger partial charge in [0.25, 0.3) is 0 Å². The zero-order valence-corrected chi connectivity index (χ0v) is 15.0. The third kappa shape index (κ3) is 6.52. The molecule has 0 aliphatic heterocycles. The highest BCUT2D eigenvalue weighted by Crippen LogP contribution is 2.40. The molecule has 2 aromatic carbocycles. The first-order valence-electron chi connectivity index (χ1n) is 8.03. The number of benzene rings is 2. The van der Waals surface area contributed by atoms with E-state index in [4.69, 9.17) is 14.6 Å². The number of hydrogen-bond acceptors (Lipinski definition) is 4. The Labute approximate surface area is 147 Å². The van der Waals surface area contributed by atoms with Gasteiger partial charge in [-0.05, 0) is 41.8 Å². The van der Waals surface area contributed by atoms with Crippen molar-refractivity contribution in [2.24, 2.45) is 0 Å². The van der Waals surface area contributed by atoms with Crippen molar-refractivity contribution in [1.82, 2.24) is 0 Å². The van der Waals surface area contributed by atoms with Gasteiger partial charge in [-0.15, -0.1) is 0 Å². The Morgan fingerprint density at radius 3 is 2.28 bits per heavy atom. The largest absolute Gasteiger partial charge is 0.494 e. The van der Waals surface area contributed by atoms with Crippen LogP contribution in [0.1, 0.15) is 23.6 Å². The minimum absolute atomic E-state index is 0.104. The zero-order chi connectivity index (χ0) is 18.3. The van der Waals surface area contributed by atoms with E-state index in [1.54, 1.807) is 18.2 Å². The Bertz CT molecular complexity index is 723. The number of hydrogen-bond donors (Lipinski definition) is 3. The minimum Gasteiger partial charge on any atom is -0.494 e. The van der Waals surface area contributed by atoms with E-state index in [9.17, 15) is 14.4 Å². The van der Waals surface area contributed by atoms with Crippen LogP contribution in [0.25, 0.3) is 0 Å². The third-order valence-corrected chi connectivity index (χ3v) is 4.27. The van der Waals surface area contributed by atoms with Crippen molar-refractivity contribution in [3.05, 3.63) is 59.2 Å². The fraction of sp³-hybridized carbons (Fsp3) is 0.333. The standard InChI is InChI=1S/C18H23O6P/c1-2-23-17-6-3-14(4-7-17)11-16-12-15(13-25(20,21)22)5-8-18(16)24-10-9-19/h3-8,12,19H,2,9-11,13H2,1H3,(H2,20,21,22). The van der Waals surface area contributed by atoms with Crippen LogP contribution >= 0.6 is 7.60 Å². The first-order valence-corrected chi connectivity index (χ1v) is 9.83. The molecule has 0 amide bonds. The number of rotatable bonds is 9. The molecular weight excluding hydrogens is 343 g/mol. The van der Waals surface area contributed by atoms with Crippen molar-refractivity contribution in [1.29, 1.82) is 0 Å². The minimum atomic E-state index is -4.14. The summed E-state index contributed by atoms with van der Waals surface area (Å²) in [6.45, 7) is 2.58. The number of aliphatic hydroxyl groups is 1. The molecule has 136 valence electrons. The molecule has 0 spiro atoms. The van der Waals surface area contributed by atoms with Crippen molar-refractivity contribution in [3.8, 4) is 11.5 Å². The maximum atomic E-state index is 11.2. The van der Waals surface area contributed by atoms with E-state index >= 15 is 0 Å². The molecule has 0 saturated heterocycles. The van der Waals surface area contributed by atoms with Gasteiger partial charge in [-0.3, -0.25) is 4.57 Å². The molecular formula is C18H23O6P. The summed E-state index contributed by atoms with van der Waals surface area (Å²) in [5, 5.41) is 8.95. The van der Waals surface area contributed by atoms with Crippen LogP contribution in [0, 0.1) is 0 Å². The van der Waals surface area contributed by atoms with Crippen LogP contribution < -0.4 is 9.47 Å². The van der Waals surface area contributed by atoms with Gasteiger partial charge >= 0.3 is 7.60 Å².